The second-order valence-corrected chi connectivity index (χ2v) is 7.36. The molecule has 0 aliphatic carbocycles. The number of carbonyl (C=O) groups excluding carboxylic acids is 2. The first-order valence-electron chi connectivity index (χ1n) is 8.45. The van der Waals surface area contributed by atoms with Crippen LogP contribution in [0, 0.1) is 12.3 Å². The molecule has 3 rings (SSSR count). The number of hydrogen-bond acceptors (Lipinski definition) is 4. The first-order valence-corrected chi connectivity index (χ1v) is 9.62. The molecule has 2 aromatic rings. The Morgan fingerprint density at radius 2 is 2.00 bits per heavy atom. The van der Waals surface area contributed by atoms with E-state index in [4.69, 9.17) is 27.5 Å². The van der Waals surface area contributed by atoms with Crippen LogP contribution < -0.4 is 14.8 Å². The molecule has 1 N–H and O–H groups in total. The molecule has 0 aromatic heterocycles. The molecule has 0 radical (unpaired) electrons. The summed E-state index contributed by atoms with van der Waals surface area (Å²) in [6.07, 6.45) is 6.74. The molecular weight excluding hydrogens is 460 g/mol. The van der Waals surface area contributed by atoms with E-state index in [2.05, 4.69) is 27.2 Å². The molecule has 1 saturated heterocycles. The zero-order valence-corrected chi connectivity index (χ0v) is 17.7. The number of carbonyl (C=O) groups is 2. The first kappa shape index (κ1) is 20.8. The van der Waals surface area contributed by atoms with E-state index in [-0.39, 0.29) is 23.9 Å². The molecule has 148 valence electrons. The minimum atomic E-state index is -0.490. The molecule has 1 heterocycles. The standard InChI is InChI=1S/C21H16BrClN2O4/c1-3-8-29-19-16(23)9-14(11-18(19)28-2)10-17-20(26)25(21(27)24-17)12-13-4-6-15(22)7-5-13/h1,4-7,9-11H,8,12H2,2H3,(H,24,27)/b17-10+. The molecule has 0 bridgehead atoms. The van der Waals surface area contributed by atoms with Crippen LogP contribution in [0.4, 0.5) is 4.79 Å². The average molecular weight is 476 g/mol. The summed E-state index contributed by atoms with van der Waals surface area (Å²) in [7, 11) is 1.47. The van der Waals surface area contributed by atoms with Gasteiger partial charge in [0.2, 0.25) is 0 Å². The van der Waals surface area contributed by atoms with Crippen molar-refractivity contribution >= 4 is 45.5 Å². The number of rotatable bonds is 6. The number of halogens is 2. The molecule has 29 heavy (non-hydrogen) atoms. The van der Waals surface area contributed by atoms with Crippen molar-refractivity contribution in [2.45, 2.75) is 6.54 Å². The van der Waals surface area contributed by atoms with Crippen molar-refractivity contribution in [3.05, 3.63) is 62.7 Å². The van der Waals surface area contributed by atoms with Crippen molar-refractivity contribution < 1.29 is 19.1 Å². The van der Waals surface area contributed by atoms with Crippen LogP contribution in [0.5, 0.6) is 11.5 Å². The van der Waals surface area contributed by atoms with Gasteiger partial charge in [-0.2, -0.15) is 0 Å². The highest BCUT2D eigenvalue weighted by Gasteiger charge is 2.33. The molecule has 3 amide bonds. The van der Waals surface area contributed by atoms with Gasteiger partial charge in [-0.05, 0) is 41.5 Å². The number of hydrogen-bond donors (Lipinski definition) is 1. The van der Waals surface area contributed by atoms with Crippen LogP contribution in [0.2, 0.25) is 5.02 Å². The van der Waals surface area contributed by atoms with Gasteiger partial charge in [0.15, 0.2) is 11.5 Å². The monoisotopic (exact) mass is 474 g/mol. The number of benzene rings is 2. The van der Waals surface area contributed by atoms with Gasteiger partial charge in [-0.25, -0.2) is 4.79 Å². The maximum atomic E-state index is 12.7. The highest BCUT2D eigenvalue weighted by Crippen LogP contribution is 2.37. The number of amides is 3. The number of nitrogens with zero attached hydrogens (tertiary/aromatic N) is 1. The van der Waals surface area contributed by atoms with Gasteiger partial charge < -0.3 is 14.8 Å². The minimum absolute atomic E-state index is 0.0378. The number of ether oxygens (including phenoxy) is 2. The molecule has 0 saturated carbocycles. The summed E-state index contributed by atoms with van der Waals surface area (Å²) in [4.78, 5) is 26.1. The van der Waals surface area contributed by atoms with Gasteiger partial charge in [0, 0.05) is 4.47 Å². The lowest BCUT2D eigenvalue weighted by molar-refractivity contribution is -0.123. The minimum Gasteiger partial charge on any atom is -0.493 e. The largest absolute Gasteiger partial charge is 0.493 e. The van der Waals surface area contributed by atoms with E-state index in [0.29, 0.717) is 17.1 Å². The van der Waals surface area contributed by atoms with Crippen LogP contribution in [-0.2, 0) is 11.3 Å². The number of nitrogens with one attached hydrogen (secondary N) is 1. The number of imide groups is 1. The summed E-state index contributed by atoms with van der Waals surface area (Å²) in [5.41, 5.74) is 1.54. The summed E-state index contributed by atoms with van der Waals surface area (Å²) >= 11 is 9.62. The Bertz CT molecular complexity index is 1030. The molecule has 8 heteroatoms. The molecule has 1 aliphatic heterocycles. The van der Waals surface area contributed by atoms with Gasteiger partial charge in [-0.3, -0.25) is 9.69 Å². The van der Waals surface area contributed by atoms with Crippen LogP contribution >= 0.6 is 27.5 Å². The lowest BCUT2D eigenvalue weighted by atomic mass is 10.1. The van der Waals surface area contributed by atoms with E-state index < -0.39 is 11.9 Å². The van der Waals surface area contributed by atoms with E-state index in [1.54, 1.807) is 12.1 Å². The van der Waals surface area contributed by atoms with Crippen molar-refractivity contribution in [2.24, 2.45) is 0 Å². The Balaban J connectivity index is 1.84. The van der Waals surface area contributed by atoms with Crippen molar-refractivity contribution in [2.75, 3.05) is 13.7 Å². The van der Waals surface area contributed by atoms with Crippen molar-refractivity contribution in [1.29, 1.82) is 0 Å². The predicted molar refractivity (Wildman–Crippen MR) is 114 cm³/mol. The van der Waals surface area contributed by atoms with Crippen LogP contribution in [0.1, 0.15) is 11.1 Å². The normalized spacial score (nSPS) is 14.7. The fourth-order valence-electron chi connectivity index (χ4n) is 2.73. The molecular formula is C21H16BrClN2O4. The second-order valence-electron chi connectivity index (χ2n) is 6.03. The van der Waals surface area contributed by atoms with E-state index in [1.807, 2.05) is 24.3 Å². The fourth-order valence-corrected chi connectivity index (χ4v) is 3.27. The predicted octanol–water partition coefficient (Wildman–Crippen LogP) is 4.22. The lowest BCUT2D eigenvalue weighted by Gasteiger charge is -2.12. The Morgan fingerprint density at radius 1 is 1.28 bits per heavy atom. The van der Waals surface area contributed by atoms with Crippen molar-refractivity contribution in [3.63, 3.8) is 0 Å². The summed E-state index contributed by atoms with van der Waals surface area (Å²) in [6.45, 7) is 0.203. The van der Waals surface area contributed by atoms with E-state index in [1.165, 1.54) is 13.2 Å². The maximum absolute atomic E-state index is 12.7. The van der Waals surface area contributed by atoms with E-state index >= 15 is 0 Å². The second kappa shape index (κ2) is 9.03. The zero-order chi connectivity index (χ0) is 21.0. The Kier molecular flexibility index (Phi) is 6.47. The summed E-state index contributed by atoms with van der Waals surface area (Å²) < 4.78 is 11.6. The lowest BCUT2D eigenvalue weighted by Crippen LogP contribution is -2.30. The third-order valence-corrected chi connectivity index (χ3v) is 4.89. The molecule has 0 spiro atoms. The average Bonchev–Trinajstić information content (AvgIpc) is 2.95. The van der Waals surface area contributed by atoms with Gasteiger partial charge in [0.1, 0.15) is 12.3 Å². The van der Waals surface area contributed by atoms with Gasteiger partial charge >= 0.3 is 6.03 Å². The van der Waals surface area contributed by atoms with Crippen molar-refractivity contribution in [1.82, 2.24) is 10.2 Å². The third kappa shape index (κ3) is 4.73. The van der Waals surface area contributed by atoms with Gasteiger partial charge in [-0.15, -0.1) is 6.42 Å². The van der Waals surface area contributed by atoms with Crippen LogP contribution in [0.25, 0.3) is 6.08 Å². The molecule has 1 fully saturated rings. The smallest absolute Gasteiger partial charge is 0.329 e. The highest BCUT2D eigenvalue weighted by molar-refractivity contribution is 9.10. The first-order chi connectivity index (χ1) is 13.9. The SMILES string of the molecule is C#CCOc1c(Cl)cc(/C=C2/NC(=O)N(Cc3ccc(Br)cc3)C2=O)cc1OC. The topological polar surface area (TPSA) is 67.9 Å². The van der Waals surface area contributed by atoms with E-state index in [9.17, 15) is 9.59 Å². The molecule has 2 aromatic carbocycles. The number of urea groups is 1. The van der Waals surface area contributed by atoms with Crippen LogP contribution in [-0.4, -0.2) is 30.6 Å². The van der Waals surface area contributed by atoms with E-state index in [0.717, 1.165) is 14.9 Å². The Morgan fingerprint density at radius 3 is 2.66 bits per heavy atom. The summed E-state index contributed by atoms with van der Waals surface area (Å²) in [5, 5.41) is 2.86. The van der Waals surface area contributed by atoms with Gasteiger partial charge in [-0.1, -0.05) is 45.6 Å². The van der Waals surface area contributed by atoms with Gasteiger partial charge in [0.05, 0.1) is 18.7 Å². The summed E-state index contributed by atoms with van der Waals surface area (Å²) in [6, 6.07) is 10.1. The highest BCUT2D eigenvalue weighted by atomic mass is 79.9. The van der Waals surface area contributed by atoms with Crippen LogP contribution in [0.3, 0.4) is 0 Å². The maximum Gasteiger partial charge on any atom is 0.329 e. The third-order valence-electron chi connectivity index (χ3n) is 4.08. The number of methoxy groups -OCH3 is 1. The quantitative estimate of drug-likeness (QED) is 0.386. The van der Waals surface area contributed by atoms with Crippen molar-refractivity contribution in [3.8, 4) is 23.8 Å². The fraction of sp³-hybridized carbons (Fsp3) is 0.143. The molecule has 1 aliphatic rings. The Hall–Kier alpha value is -2.95. The van der Waals surface area contributed by atoms with Gasteiger partial charge in [0.25, 0.3) is 5.91 Å². The van der Waals surface area contributed by atoms with Crippen LogP contribution in [0.15, 0.2) is 46.6 Å². The Labute approximate surface area is 181 Å². The summed E-state index contributed by atoms with van der Waals surface area (Å²) in [5.74, 6) is 2.60. The zero-order valence-electron chi connectivity index (χ0n) is 15.4. The molecule has 0 unspecified atom stereocenters. The molecule has 0 atom stereocenters. The number of terminal acetylenes is 1. The molecule has 6 nitrogen and oxygen atoms in total.